The second kappa shape index (κ2) is 8.91. The summed E-state index contributed by atoms with van der Waals surface area (Å²) in [5, 5.41) is 2.99. The first-order valence-corrected chi connectivity index (χ1v) is 12.9. The van der Waals surface area contributed by atoms with E-state index in [1.54, 1.807) is 11.6 Å². The van der Waals surface area contributed by atoms with Gasteiger partial charge < -0.3 is 9.88 Å². The maximum atomic E-state index is 13.0. The third-order valence-corrected chi connectivity index (χ3v) is 8.73. The van der Waals surface area contributed by atoms with Crippen molar-refractivity contribution in [2.45, 2.75) is 50.4 Å². The molecule has 36 heavy (non-hydrogen) atoms. The molecule has 6 rings (SSSR count). The van der Waals surface area contributed by atoms with Gasteiger partial charge in [0.05, 0.1) is 23.1 Å². The number of aromatic nitrogens is 2. The maximum Gasteiger partial charge on any atom is 0.416 e. The molecule has 2 aromatic carbocycles. The molecule has 1 amide bonds. The Hall–Kier alpha value is -2.87. The Morgan fingerprint density at radius 2 is 1.72 bits per heavy atom. The number of imidazole rings is 1. The lowest BCUT2D eigenvalue weighted by Gasteiger charge is -2.36. The van der Waals surface area contributed by atoms with Crippen molar-refractivity contribution in [1.82, 2.24) is 19.8 Å². The van der Waals surface area contributed by atoms with Crippen LogP contribution in [-0.2, 0) is 24.6 Å². The Morgan fingerprint density at radius 1 is 1.03 bits per heavy atom. The molecule has 1 unspecified atom stereocenters. The number of nitrogens with one attached hydrogen (secondary N) is 1. The molecule has 8 heteroatoms. The molecule has 1 aliphatic heterocycles. The minimum Gasteiger partial charge on any atom is -0.349 e. The van der Waals surface area contributed by atoms with E-state index in [1.165, 1.54) is 37.3 Å². The van der Waals surface area contributed by atoms with Crippen LogP contribution in [0.15, 0.2) is 48.5 Å². The van der Waals surface area contributed by atoms with E-state index in [9.17, 15) is 18.0 Å². The number of piperidine rings is 1. The zero-order valence-corrected chi connectivity index (χ0v) is 20.3. The first-order chi connectivity index (χ1) is 17.3. The van der Waals surface area contributed by atoms with Gasteiger partial charge in [-0.1, -0.05) is 30.3 Å². The van der Waals surface area contributed by atoms with Crippen LogP contribution in [0.2, 0.25) is 0 Å². The topological polar surface area (TPSA) is 50.2 Å². The van der Waals surface area contributed by atoms with Crippen LogP contribution in [0.1, 0.15) is 48.6 Å². The molecule has 2 aliphatic carbocycles. The Bertz CT molecular complexity index is 1250. The number of nitrogens with zero attached hydrogens (tertiary/aromatic N) is 3. The van der Waals surface area contributed by atoms with E-state index in [-0.39, 0.29) is 23.9 Å². The number of carbonyl (C=O) groups is 1. The van der Waals surface area contributed by atoms with Gasteiger partial charge >= 0.3 is 6.18 Å². The lowest BCUT2D eigenvalue weighted by Crippen LogP contribution is -2.39. The molecule has 0 bridgehead atoms. The van der Waals surface area contributed by atoms with Crippen molar-refractivity contribution in [2.75, 3.05) is 13.1 Å². The highest BCUT2D eigenvalue weighted by Gasteiger charge is 2.60. The summed E-state index contributed by atoms with van der Waals surface area (Å²) in [6.07, 6.45) is 0.496. The zero-order valence-electron chi connectivity index (χ0n) is 20.3. The van der Waals surface area contributed by atoms with Crippen LogP contribution >= 0.6 is 0 Å². The Morgan fingerprint density at radius 3 is 2.39 bits per heavy atom. The van der Waals surface area contributed by atoms with Gasteiger partial charge in [-0.15, -0.1) is 0 Å². The number of likely N-dealkylation sites (tertiary alicyclic amines) is 1. The number of aryl methyl sites for hydroxylation is 1. The quantitative estimate of drug-likeness (QED) is 0.534. The van der Waals surface area contributed by atoms with E-state index in [0.29, 0.717) is 35.1 Å². The molecule has 2 heterocycles. The first kappa shape index (κ1) is 23.5. The fourth-order valence-corrected chi connectivity index (χ4v) is 6.61. The standard InChI is InChI=1S/C28H31F3N4O/c1-34-24-12-9-19(28(29,30)31)13-23(24)33-25(34)14-32-27(36)26-21-15-35(16-22(21)26)20-10-7-18(8-11-20)17-5-3-2-4-6-17/h2-6,9,12-13,18,20-22,26H,7-8,10-11,14-16H2,1H3,(H,32,36)/t18?,20?,21-,22+,26?. The third-order valence-electron chi connectivity index (χ3n) is 8.73. The van der Waals surface area contributed by atoms with Crippen molar-refractivity contribution < 1.29 is 18.0 Å². The molecule has 2 saturated carbocycles. The van der Waals surface area contributed by atoms with Gasteiger partial charge in [-0.2, -0.15) is 13.2 Å². The van der Waals surface area contributed by atoms with E-state index in [0.717, 1.165) is 25.2 Å². The molecule has 190 valence electrons. The lowest BCUT2D eigenvalue weighted by molar-refractivity contribution is -0.137. The lowest BCUT2D eigenvalue weighted by atomic mass is 9.81. The van der Waals surface area contributed by atoms with Crippen LogP contribution in [0.4, 0.5) is 13.2 Å². The normalized spacial score (nSPS) is 28.3. The number of amides is 1. The largest absolute Gasteiger partial charge is 0.416 e. The molecule has 5 nitrogen and oxygen atoms in total. The van der Waals surface area contributed by atoms with Crippen molar-refractivity contribution in [2.24, 2.45) is 24.8 Å². The highest BCUT2D eigenvalue weighted by molar-refractivity contribution is 5.83. The van der Waals surface area contributed by atoms with Crippen LogP contribution in [0.3, 0.4) is 0 Å². The molecule has 1 aromatic heterocycles. The van der Waals surface area contributed by atoms with Gasteiger partial charge in [0, 0.05) is 32.1 Å². The second-order valence-electron chi connectivity index (χ2n) is 10.7. The number of fused-ring (bicyclic) bond motifs is 2. The first-order valence-electron chi connectivity index (χ1n) is 12.9. The van der Waals surface area contributed by atoms with Gasteiger partial charge in [-0.05, 0) is 67.2 Å². The molecule has 3 aromatic rings. The molecular formula is C28H31F3N4O. The van der Waals surface area contributed by atoms with Gasteiger partial charge in [-0.25, -0.2) is 4.98 Å². The van der Waals surface area contributed by atoms with Gasteiger partial charge in [0.15, 0.2) is 0 Å². The number of rotatable bonds is 5. The summed E-state index contributed by atoms with van der Waals surface area (Å²) < 4.78 is 40.8. The fraction of sp³-hybridized carbons (Fsp3) is 0.500. The van der Waals surface area contributed by atoms with Crippen molar-refractivity contribution in [3.05, 3.63) is 65.5 Å². The molecule has 0 radical (unpaired) electrons. The summed E-state index contributed by atoms with van der Waals surface area (Å²) in [6, 6.07) is 15.0. The van der Waals surface area contributed by atoms with Gasteiger partial charge in [0.25, 0.3) is 0 Å². The van der Waals surface area contributed by atoms with E-state index >= 15 is 0 Å². The molecule has 1 saturated heterocycles. The summed E-state index contributed by atoms with van der Waals surface area (Å²) in [5.41, 5.74) is 1.65. The van der Waals surface area contributed by atoms with Gasteiger partial charge in [0.2, 0.25) is 5.91 Å². The summed E-state index contributed by atoms with van der Waals surface area (Å²) in [5.74, 6) is 2.16. The molecule has 3 fully saturated rings. The summed E-state index contributed by atoms with van der Waals surface area (Å²) >= 11 is 0. The number of hydrogen-bond donors (Lipinski definition) is 1. The zero-order chi connectivity index (χ0) is 25.0. The van der Waals surface area contributed by atoms with Crippen molar-refractivity contribution in [1.29, 1.82) is 0 Å². The predicted molar refractivity (Wildman–Crippen MR) is 131 cm³/mol. The molecule has 3 atom stereocenters. The highest BCUT2D eigenvalue weighted by atomic mass is 19.4. The van der Waals surface area contributed by atoms with E-state index < -0.39 is 11.7 Å². The SMILES string of the molecule is Cn1c(CNC(=O)C2[C@H]3CN(C4CCC(c5ccccc5)CC4)C[C@@H]23)nc2cc(C(F)(F)F)ccc21. The van der Waals surface area contributed by atoms with Crippen LogP contribution in [-0.4, -0.2) is 39.5 Å². The second-order valence-corrected chi connectivity index (χ2v) is 10.7. The van der Waals surface area contributed by atoms with Crippen LogP contribution in [0, 0.1) is 17.8 Å². The summed E-state index contributed by atoms with van der Waals surface area (Å²) in [6.45, 7) is 2.21. The fourth-order valence-electron chi connectivity index (χ4n) is 6.61. The molecule has 0 spiro atoms. The minimum absolute atomic E-state index is 0.0421. The number of benzene rings is 2. The van der Waals surface area contributed by atoms with Gasteiger partial charge in [0.1, 0.15) is 5.82 Å². The van der Waals surface area contributed by atoms with Crippen LogP contribution in [0.5, 0.6) is 0 Å². The highest BCUT2D eigenvalue weighted by Crippen LogP contribution is 2.53. The average Bonchev–Trinajstić information content (AvgIpc) is 3.21. The summed E-state index contributed by atoms with van der Waals surface area (Å²) in [4.78, 5) is 19.8. The van der Waals surface area contributed by atoms with Gasteiger partial charge in [-0.3, -0.25) is 9.69 Å². The molecule has 3 aliphatic rings. The summed E-state index contributed by atoms with van der Waals surface area (Å²) in [7, 11) is 1.76. The monoisotopic (exact) mass is 496 g/mol. The number of alkyl halides is 3. The number of carbonyl (C=O) groups excluding carboxylic acids is 1. The Balaban J connectivity index is 1.00. The Labute approximate surface area is 208 Å². The van der Waals surface area contributed by atoms with E-state index in [1.807, 2.05) is 0 Å². The smallest absolute Gasteiger partial charge is 0.349 e. The predicted octanol–water partition coefficient (Wildman–Crippen LogP) is 5.11. The Kier molecular flexibility index (Phi) is 5.82. The van der Waals surface area contributed by atoms with E-state index in [4.69, 9.17) is 0 Å². The van der Waals surface area contributed by atoms with Crippen molar-refractivity contribution in [3.63, 3.8) is 0 Å². The minimum atomic E-state index is -4.40. The third kappa shape index (κ3) is 4.29. The maximum absolute atomic E-state index is 13.0. The average molecular weight is 497 g/mol. The number of halogens is 3. The number of hydrogen-bond acceptors (Lipinski definition) is 3. The molecular weight excluding hydrogens is 465 g/mol. The van der Waals surface area contributed by atoms with Crippen LogP contribution in [0.25, 0.3) is 11.0 Å². The van der Waals surface area contributed by atoms with E-state index in [2.05, 4.69) is 45.5 Å². The van der Waals surface area contributed by atoms with Crippen LogP contribution < -0.4 is 5.32 Å². The van der Waals surface area contributed by atoms with Crippen molar-refractivity contribution >= 4 is 16.9 Å². The molecule has 1 N–H and O–H groups in total. The van der Waals surface area contributed by atoms with Crippen molar-refractivity contribution in [3.8, 4) is 0 Å².